The number of fused-ring (bicyclic) bond motifs is 10. The molecule has 5 heteroatoms. The van der Waals surface area contributed by atoms with Crippen molar-refractivity contribution < 1.29 is 4.42 Å². The summed E-state index contributed by atoms with van der Waals surface area (Å²) in [6.45, 7) is 43.5. The molecule has 0 saturated heterocycles. The second-order valence-electron chi connectivity index (χ2n) is 32.6. The molecule has 434 valence electrons. The van der Waals surface area contributed by atoms with Crippen molar-refractivity contribution >= 4 is 85.2 Å². The van der Waals surface area contributed by atoms with Gasteiger partial charge in [-0.1, -0.05) is 185 Å². The molecule has 0 fully saturated rings. The van der Waals surface area contributed by atoms with Gasteiger partial charge in [-0.05, 0) is 222 Å². The average Bonchev–Trinajstić information content (AvgIpc) is 1.16. The van der Waals surface area contributed by atoms with Gasteiger partial charge in [-0.2, -0.15) is 0 Å². The Kier molecular flexibility index (Phi) is 12.0. The minimum absolute atomic E-state index is 0.000424. The summed E-state index contributed by atoms with van der Waals surface area (Å²) in [5, 5.41) is 2.28. The first kappa shape index (κ1) is 55.9. The highest BCUT2D eigenvalue weighted by Gasteiger charge is 2.50. The van der Waals surface area contributed by atoms with E-state index in [4.69, 9.17) is 4.42 Å². The molecular weight excluding hydrogens is 1030 g/mol. The average molecular weight is 1120 g/mol. The van der Waals surface area contributed by atoms with Gasteiger partial charge in [0.25, 0.3) is 0 Å². The maximum absolute atomic E-state index is 7.00. The summed E-state index contributed by atoms with van der Waals surface area (Å²) in [5.41, 5.74) is 28.0. The molecule has 3 aliphatic carbocycles. The van der Waals surface area contributed by atoms with Crippen LogP contribution in [0.3, 0.4) is 0 Å². The molecule has 5 aliphatic rings. The number of hydrogen-bond donors (Lipinski definition) is 0. The van der Waals surface area contributed by atoms with E-state index in [0.29, 0.717) is 0 Å². The van der Waals surface area contributed by atoms with E-state index >= 15 is 0 Å². The second-order valence-corrected chi connectivity index (χ2v) is 32.6. The largest absolute Gasteiger partial charge is 0.456 e. The number of para-hydroxylation sites is 1. The van der Waals surface area contributed by atoms with Crippen molar-refractivity contribution in [2.24, 2.45) is 0 Å². The molecule has 1 aromatic heterocycles. The van der Waals surface area contributed by atoms with Crippen LogP contribution in [0.1, 0.15) is 208 Å². The zero-order chi connectivity index (χ0) is 60.1. The lowest BCUT2D eigenvalue weighted by Gasteiger charge is -2.49. The molecule has 3 heterocycles. The van der Waals surface area contributed by atoms with Gasteiger partial charge >= 0.3 is 6.85 Å². The first-order valence-corrected chi connectivity index (χ1v) is 32.1. The minimum Gasteiger partial charge on any atom is -0.456 e. The monoisotopic (exact) mass is 1120 g/mol. The van der Waals surface area contributed by atoms with Crippen LogP contribution in [0.25, 0.3) is 33.1 Å². The normalized spacial score (nSPS) is 19.2. The quantitative estimate of drug-likeness (QED) is 0.160. The van der Waals surface area contributed by atoms with Gasteiger partial charge in [0.1, 0.15) is 11.2 Å². The molecule has 2 aliphatic heterocycles. The van der Waals surface area contributed by atoms with Crippen LogP contribution in [-0.2, 0) is 43.3 Å². The van der Waals surface area contributed by atoms with Crippen molar-refractivity contribution in [3.63, 3.8) is 0 Å². The molecular formula is C80H90BN3O. The first-order valence-electron chi connectivity index (χ1n) is 32.1. The maximum Gasteiger partial charge on any atom is 0.333 e. The van der Waals surface area contributed by atoms with Gasteiger partial charge in [0, 0.05) is 67.9 Å². The SMILES string of the molecule is CC(C)(C)c1ccc(N(c2ccc(C(C)(C)C)cc2)c2cc3c4c(c2)N(c2ccc5c(c2)C(C)(C)CCC5(C)C)c2cc5c(cc2B4N(c2ccc4c(c2)C(C)(C)CCC4(C)C)c2cc4oc6ccccc6c4cc2-3)C(C)(C)CCC5(C)C)cc1. The van der Waals surface area contributed by atoms with Crippen molar-refractivity contribution in [3.8, 4) is 11.1 Å². The summed E-state index contributed by atoms with van der Waals surface area (Å²) in [6, 6.07) is 58.1. The number of anilines is 8. The number of benzene rings is 8. The molecule has 0 amide bonds. The van der Waals surface area contributed by atoms with Crippen LogP contribution in [0.4, 0.5) is 45.5 Å². The van der Waals surface area contributed by atoms with Gasteiger partial charge in [-0.3, -0.25) is 0 Å². The maximum atomic E-state index is 7.00. The van der Waals surface area contributed by atoms with Crippen molar-refractivity contribution in [2.75, 3.05) is 14.6 Å². The zero-order valence-corrected chi connectivity index (χ0v) is 54.4. The van der Waals surface area contributed by atoms with E-state index in [1.807, 2.05) is 0 Å². The van der Waals surface area contributed by atoms with E-state index in [-0.39, 0.29) is 50.2 Å². The lowest BCUT2D eigenvalue weighted by molar-refractivity contribution is 0.332. The molecule has 0 atom stereocenters. The molecule has 85 heavy (non-hydrogen) atoms. The third-order valence-corrected chi connectivity index (χ3v) is 21.9. The summed E-state index contributed by atoms with van der Waals surface area (Å²) >= 11 is 0. The molecule has 0 saturated carbocycles. The van der Waals surface area contributed by atoms with Crippen LogP contribution < -0.4 is 25.5 Å². The van der Waals surface area contributed by atoms with Crippen molar-refractivity contribution in [1.82, 2.24) is 0 Å². The Labute approximate surface area is 509 Å². The molecule has 4 nitrogen and oxygen atoms in total. The molecule has 0 N–H and O–H groups in total. The van der Waals surface area contributed by atoms with E-state index in [2.05, 4.69) is 285 Å². The fourth-order valence-corrected chi connectivity index (χ4v) is 16.0. The highest BCUT2D eigenvalue weighted by molar-refractivity contribution is 6.93. The molecule has 0 spiro atoms. The van der Waals surface area contributed by atoms with Gasteiger partial charge in [0.2, 0.25) is 0 Å². The van der Waals surface area contributed by atoms with E-state index in [1.165, 1.54) is 108 Å². The lowest BCUT2D eigenvalue weighted by atomic mass is 9.42. The Hall–Kier alpha value is -6.98. The zero-order valence-electron chi connectivity index (χ0n) is 54.4. The Balaban J connectivity index is 1.15. The fourth-order valence-electron chi connectivity index (χ4n) is 16.0. The van der Waals surface area contributed by atoms with Crippen LogP contribution in [0.2, 0.25) is 0 Å². The third kappa shape index (κ3) is 8.72. The molecule has 8 aromatic carbocycles. The second kappa shape index (κ2) is 18.3. The molecule has 9 aromatic rings. The van der Waals surface area contributed by atoms with Crippen LogP contribution in [-0.4, -0.2) is 6.85 Å². The van der Waals surface area contributed by atoms with Gasteiger partial charge in [-0.25, -0.2) is 0 Å². The number of nitrogens with zero attached hydrogens (tertiary/aromatic N) is 3. The van der Waals surface area contributed by atoms with Crippen molar-refractivity contribution in [3.05, 3.63) is 190 Å². The van der Waals surface area contributed by atoms with E-state index in [1.54, 1.807) is 0 Å². The van der Waals surface area contributed by atoms with E-state index < -0.39 is 0 Å². The smallest absolute Gasteiger partial charge is 0.333 e. The predicted octanol–water partition coefficient (Wildman–Crippen LogP) is 21.4. The van der Waals surface area contributed by atoms with Crippen molar-refractivity contribution in [2.45, 2.75) is 206 Å². The number of furan rings is 1. The van der Waals surface area contributed by atoms with E-state index in [0.717, 1.165) is 64.7 Å². The van der Waals surface area contributed by atoms with E-state index in [9.17, 15) is 0 Å². The number of hydrogen-bond acceptors (Lipinski definition) is 4. The summed E-state index contributed by atoms with van der Waals surface area (Å²) in [6.07, 6.45) is 6.89. The molecule has 0 unspecified atom stereocenters. The number of rotatable bonds is 5. The Morgan fingerprint density at radius 2 is 0.859 bits per heavy atom. The lowest BCUT2D eigenvalue weighted by Crippen LogP contribution is -2.62. The fraction of sp³-hybridized carbons (Fsp3) is 0.400. The Morgan fingerprint density at radius 1 is 0.388 bits per heavy atom. The third-order valence-electron chi connectivity index (χ3n) is 21.9. The van der Waals surface area contributed by atoms with Crippen LogP contribution in [0, 0.1) is 0 Å². The minimum atomic E-state index is -0.192. The van der Waals surface area contributed by atoms with Crippen LogP contribution in [0.15, 0.2) is 150 Å². The standard InChI is InChI=1S/C80H90BN3O/c1-73(2,3)49-23-27-51(28-24-49)82(52-29-25-50(26-30-52)74(4,5)6)55-41-59-57-45-58-56-21-19-20-22-70(56)85-71(58)48-67(57)84(54-32-34-61-63(43-54)78(13,14)38-36-76(61,9)10)81-66-46-64-65(80(17,18)40-39-79(64,15)16)47-68(66)83(69(44-55)72(59)81)53-31-33-60-62(42-53)77(11,12)37-35-75(60,7)8/h19-34,41-48H,35-40H2,1-18H3. The topological polar surface area (TPSA) is 22.9 Å². The highest BCUT2D eigenvalue weighted by atomic mass is 16.3. The summed E-state index contributed by atoms with van der Waals surface area (Å²) in [5.74, 6) is 0. The summed E-state index contributed by atoms with van der Waals surface area (Å²) < 4.78 is 7.00. The van der Waals surface area contributed by atoms with Gasteiger partial charge in [0.15, 0.2) is 0 Å². The van der Waals surface area contributed by atoms with Gasteiger partial charge in [-0.15, -0.1) is 0 Å². The summed E-state index contributed by atoms with van der Waals surface area (Å²) in [4.78, 5) is 8.04. The van der Waals surface area contributed by atoms with Gasteiger partial charge < -0.3 is 19.0 Å². The van der Waals surface area contributed by atoms with Crippen molar-refractivity contribution in [1.29, 1.82) is 0 Å². The van der Waals surface area contributed by atoms with Crippen LogP contribution in [0.5, 0.6) is 0 Å². The highest BCUT2D eigenvalue weighted by Crippen LogP contribution is 2.57. The summed E-state index contributed by atoms with van der Waals surface area (Å²) in [7, 11) is 0. The first-order chi connectivity index (χ1) is 39.8. The molecule has 0 radical (unpaired) electrons. The molecule has 14 rings (SSSR count). The molecule has 0 bridgehead atoms. The van der Waals surface area contributed by atoms with Gasteiger partial charge in [0.05, 0.1) is 0 Å². The Bertz CT molecular complexity index is 4170. The predicted molar refractivity (Wildman–Crippen MR) is 365 cm³/mol. The Morgan fingerprint density at radius 3 is 1.39 bits per heavy atom. The van der Waals surface area contributed by atoms with Crippen LogP contribution >= 0.6 is 0 Å².